The average Bonchev–Trinajstić information content (AvgIpc) is 2.85. The summed E-state index contributed by atoms with van der Waals surface area (Å²) < 4.78 is 7.22. The molecular formula is C17H16N2O3. The van der Waals surface area contributed by atoms with Gasteiger partial charge in [-0.3, -0.25) is 4.79 Å². The van der Waals surface area contributed by atoms with Gasteiger partial charge in [-0.1, -0.05) is 17.7 Å². The van der Waals surface area contributed by atoms with E-state index in [9.17, 15) is 9.90 Å². The van der Waals surface area contributed by atoms with Crippen molar-refractivity contribution in [3.05, 3.63) is 53.9 Å². The van der Waals surface area contributed by atoms with Crippen LogP contribution in [-0.2, 0) is 11.2 Å². The van der Waals surface area contributed by atoms with Crippen LogP contribution in [0.3, 0.4) is 0 Å². The third-order valence-electron chi connectivity index (χ3n) is 3.56. The van der Waals surface area contributed by atoms with E-state index in [1.54, 1.807) is 7.11 Å². The van der Waals surface area contributed by atoms with E-state index in [1.165, 1.54) is 0 Å². The van der Waals surface area contributed by atoms with Gasteiger partial charge in [0.25, 0.3) is 0 Å². The number of carboxylic acid groups (broad SMARTS) is 1. The Morgan fingerprint density at radius 3 is 2.86 bits per heavy atom. The molecule has 1 N–H and O–H groups in total. The van der Waals surface area contributed by atoms with Crippen LogP contribution in [0.25, 0.3) is 16.9 Å². The summed E-state index contributed by atoms with van der Waals surface area (Å²) in [5.41, 5.74) is 3.88. The molecule has 1 aromatic carbocycles. The maximum atomic E-state index is 11.2. The van der Waals surface area contributed by atoms with Crippen LogP contribution in [0.1, 0.15) is 11.3 Å². The largest absolute Gasteiger partial charge is 0.496 e. The average molecular weight is 296 g/mol. The molecule has 3 rings (SSSR count). The van der Waals surface area contributed by atoms with Crippen molar-refractivity contribution >= 4 is 11.6 Å². The predicted octanol–water partition coefficient (Wildman–Crippen LogP) is 2.95. The smallest absolute Gasteiger partial charge is 0.309 e. The normalized spacial score (nSPS) is 10.8. The zero-order valence-electron chi connectivity index (χ0n) is 12.4. The summed E-state index contributed by atoms with van der Waals surface area (Å²) in [5.74, 6) is -0.209. The molecule has 2 aromatic heterocycles. The number of imidazole rings is 1. The summed E-state index contributed by atoms with van der Waals surface area (Å²) in [5, 5.41) is 9.22. The number of aliphatic carboxylic acids is 1. The van der Waals surface area contributed by atoms with Gasteiger partial charge in [0, 0.05) is 11.8 Å². The summed E-state index contributed by atoms with van der Waals surface area (Å²) in [7, 11) is 1.60. The Balaban J connectivity index is 2.30. The van der Waals surface area contributed by atoms with Crippen molar-refractivity contribution in [2.24, 2.45) is 0 Å². The molecule has 0 bridgehead atoms. The van der Waals surface area contributed by atoms with Gasteiger partial charge in [0.05, 0.1) is 24.9 Å². The standard InChI is InChI=1S/C17H16N2O3/c1-11-6-7-14(22-2)12(9-11)17-13(10-16(20)21)19-8-4-3-5-15(19)18-17/h3-9H,10H2,1-2H3,(H,20,21). The molecule has 22 heavy (non-hydrogen) atoms. The number of aryl methyl sites for hydroxylation is 1. The molecule has 5 nitrogen and oxygen atoms in total. The lowest BCUT2D eigenvalue weighted by molar-refractivity contribution is -0.136. The van der Waals surface area contributed by atoms with E-state index in [-0.39, 0.29) is 6.42 Å². The fourth-order valence-corrected chi connectivity index (χ4v) is 2.58. The Hall–Kier alpha value is -2.82. The fourth-order valence-electron chi connectivity index (χ4n) is 2.58. The minimum Gasteiger partial charge on any atom is -0.496 e. The molecule has 5 heteroatoms. The van der Waals surface area contributed by atoms with Crippen LogP contribution in [-0.4, -0.2) is 27.6 Å². The van der Waals surface area contributed by atoms with Gasteiger partial charge in [0.2, 0.25) is 0 Å². The summed E-state index contributed by atoms with van der Waals surface area (Å²) in [6.07, 6.45) is 1.73. The highest BCUT2D eigenvalue weighted by Crippen LogP contribution is 2.33. The summed E-state index contributed by atoms with van der Waals surface area (Å²) in [6, 6.07) is 11.4. The highest BCUT2D eigenvalue weighted by molar-refractivity contribution is 5.78. The first-order chi connectivity index (χ1) is 10.6. The van der Waals surface area contributed by atoms with Crippen LogP contribution in [0.15, 0.2) is 42.6 Å². The fraction of sp³-hybridized carbons (Fsp3) is 0.176. The van der Waals surface area contributed by atoms with E-state index in [4.69, 9.17) is 4.74 Å². The third-order valence-corrected chi connectivity index (χ3v) is 3.56. The second-order valence-corrected chi connectivity index (χ2v) is 5.11. The minimum absolute atomic E-state index is 0.0996. The van der Waals surface area contributed by atoms with E-state index >= 15 is 0 Å². The first-order valence-corrected chi connectivity index (χ1v) is 6.93. The highest BCUT2D eigenvalue weighted by atomic mass is 16.5. The molecular weight excluding hydrogens is 280 g/mol. The number of carbonyl (C=O) groups is 1. The van der Waals surface area contributed by atoms with Crippen molar-refractivity contribution < 1.29 is 14.6 Å². The quantitative estimate of drug-likeness (QED) is 0.804. The molecule has 0 atom stereocenters. The number of benzene rings is 1. The van der Waals surface area contributed by atoms with Crippen molar-refractivity contribution in [2.75, 3.05) is 7.11 Å². The maximum Gasteiger partial charge on any atom is 0.309 e. The van der Waals surface area contributed by atoms with E-state index in [0.29, 0.717) is 17.1 Å². The van der Waals surface area contributed by atoms with E-state index in [0.717, 1.165) is 16.8 Å². The highest BCUT2D eigenvalue weighted by Gasteiger charge is 2.19. The molecule has 0 amide bonds. The van der Waals surface area contributed by atoms with Gasteiger partial charge in [0.15, 0.2) is 0 Å². The van der Waals surface area contributed by atoms with Crippen molar-refractivity contribution in [1.29, 1.82) is 0 Å². The van der Waals surface area contributed by atoms with Crippen LogP contribution >= 0.6 is 0 Å². The molecule has 0 saturated heterocycles. The molecule has 0 fully saturated rings. The molecule has 0 radical (unpaired) electrons. The van der Waals surface area contributed by atoms with Gasteiger partial charge in [-0.05, 0) is 31.2 Å². The van der Waals surface area contributed by atoms with E-state index in [1.807, 2.05) is 53.9 Å². The third kappa shape index (κ3) is 2.41. The Morgan fingerprint density at radius 1 is 1.32 bits per heavy atom. The number of carboxylic acids is 1. The second-order valence-electron chi connectivity index (χ2n) is 5.11. The van der Waals surface area contributed by atoms with Gasteiger partial charge in [-0.15, -0.1) is 0 Å². The number of hydrogen-bond acceptors (Lipinski definition) is 3. The van der Waals surface area contributed by atoms with Gasteiger partial charge >= 0.3 is 5.97 Å². The van der Waals surface area contributed by atoms with Crippen molar-refractivity contribution in [1.82, 2.24) is 9.38 Å². The summed E-state index contributed by atoms with van der Waals surface area (Å²) in [4.78, 5) is 15.8. The minimum atomic E-state index is -0.890. The SMILES string of the molecule is COc1ccc(C)cc1-c1nc2ccccn2c1CC(=O)O. The molecule has 3 aromatic rings. The number of aromatic nitrogens is 2. The number of pyridine rings is 1. The number of methoxy groups -OCH3 is 1. The van der Waals surface area contributed by atoms with Gasteiger partial charge in [0.1, 0.15) is 11.4 Å². The molecule has 0 saturated carbocycles. The van der Waals surface area contributed by atoms with Crippen LogP contribution in [0.5, 0.6) is 5.75 Å². The maximum absolute atomic E-state index is 11.2. The molecule has 0 aliphatic carbocycles. The second kappa shape index (κ2) is 5.52. The van der Waals surface area contributed by atoms with Gasteiger partial charge < -0.3 is 14.2 Å². The molecule has 2 heterocycles. The van der Waals surface area contributed by atoms with E-state index < -0.39 is 5.97 Å². The molecule has 0 spiro atoms. The van der Waals surface area contributed by atoms with E-state index in [2.05, 4.69) is 4.98 Å². The Labute approximate surface area is 127 Å². The first kappa shape index (κ1) is 14.1. The number of nitrogens with zero attached hydrogens (tertiary/aromatic N) is 2. The van der Waals surface area contributed by atoms with Gasteiger partial charge in [-0.25, -0.2) is 4.98 Å². The molecule has 0 unspecified atom stereocenters. The summed E-state index contributed by atoms with van der Waals surface area (Å²) in [6.45, 7) is 1.98. The van der Waals surface area contributed by atoms with Crippen LogP contribution in [0.2, 0.25) is 0 Å². The van der Waals surface area contributed by atoms with Crippen LogP contribution in [0, 0.1) is 6.92 Å². The zero-order valence-corrected chi connectivity index (χ0v) is 12.4. The topological polar surface area (TPSA) is 63.8 Å². The van der Waals surface area contributed by atoms with Crippen LogP contribution < -0.4 is 4.74 Å². The van der Waals surface area contributed by atoms with Gasteiger partial charge in [-0.2, -0.15) is 0 Å². The Kier molecular flexibility index (Phi) is 3.55. The van der Waals surface area contributed by atoms with Crippen LogP contribution in [0.4, 0.5) is 0 Å². The summed E-state index contributed by atoms with van der Waals surface area (Å²) >= 11 is 0. The Bertz CT molecular complexity index is 852. The lowest BCUT2D eigenvalue weighted by Crippen LogP contribution is -2.05. The molecule has 0 aliphatic heterocycles. The van der Waals surface area contributed by atoms with Crippen molar-refractivity contribution in [2.45, 2.75) is 13.3 Å². The number of hydrogen-bond donors (Lipinski definition) is 1. The number of fused-ring (bicyclic) bond motifs is 1. The monoisotopic (exact) mass is 296 g/mol. The molecule has 112 valence electrons. The van der Waals surface area contributed by atoms with Crippen molar-refractivity contribution in [3.63, 3.8) is 0 Å². The predicted molar refractivity (Wildman–Crippen MR) is 83.3 cm³/mol. The molecule has 0 aliphatic rings. The lowest BCUT2D eigenvalue weighted by atomic mass is 10.0. The number of rotatable bonds is 4. The first-order valence-electron chi connectivity index (χ1n) is 6.93. The Morgan fingerprint density at radius 2 is 2.14 bits per heavy atom. The number of ether oxygens (including phenoxy) is 1. The van der Waals surface area contributed by atoms with Crippen molar-refractivity contribution in [3.8, 4) is 17.0 Å². The zero-order chi connectivity index (χ0) is 15.7. The lowest BCUT2D eigenvalue weighted by Gasteiger charge is -2.09.